The zero-order valence-corrected chi connectivity index (χ0v) is 18.0. The third kappa shape index (κ3) is 3.49. The average Bonchev–Trinajstić information content (AvgIpc) is 3.51. The molecule has 5 rings (SSSR count). The summed E-state index contributed by atoms with van der Waals surface area (Å²) in [6.45, 7) is 7.92. The fourth-order valence-electron chi connectivity index (χ4n) is 3.62. The SMILES string of the molecule is C=C/C=C(/c1cccs1)c1nc(-c2[nH]nc3ncc(-c4cncc(C)c4)cc23)[nH]c1C. The van der Waals surface area contributed by atoms with Crippen molar-refractivity contribution in [2.75, 3.05) is 0 Å². The van der Waals surface area contributed by atoms with Gasteiger partial charge in [0.25, 0.3) is 0 Å². The van der Waals surface area contributed by atoms with Crippen molar-refractivity contribution in [3.8, 4) is 22.6 Å². The molecule has 0 amide bonds. The van der Waals surface area contributed by atoms with E-state index in [-0.39, 0.29) is 0 Å². The van der Waals surface area contributed by atoms with Gasteiger partial charge in [-0.15, -0.1) is 11.3 Å². The van der Waals surface area contributed by atoms with Crippen LogP contribution in [0.1, 0.15) is 21.8 Å². The van der Waals surface area contributed by atoms with Crippen LogP contribution < -0.4 is 0 Å². The molecule has 0 aromatic carbocycles. The van der Waals surface area contributed by atoms with Crippen LogP contribution in [0.5, 0.6) is 0 Å². The van der Waals surface area contributed by atoms with E-state index in [4.69, 9.17) is 4.98 Å². The smallest absolute Gasteiger partial charge is 0.181 e. The monoisotopic (exact) mass is 424 g/mol. The molecule has 31 heavy (non-hydrogen) atoms. The number of aromatic amines is 2. The first kappa shape index (κ1) is 19.1. The maximum absolute atomic E-state index is 4.92. The summed E-state index contributed by atoms with van der Waals surface area (Å²) in [6.07, 6.45) is 9.30. The molecule has 0 saturated carbocycles. The normalized spacial score (nSPS) is 11.9. The highest BCUT2D eigenvalue weighted by molar-refractivity contribution is 7.11. The predicted octanol–water partition coefficient (Wildman–Crippen LogP) is 5.71. The quantitative estimate of drug-likeness (QED) is 0.354. The molecular formula is C24H20N6S. The number of nitrogens with one attached hydrogen (secondary N) is 2. The minimum Gasteiger partial charge on any atom is -0.340 e. The van der Waals surface area contributed by atoms with Crippen LogP contribution in [0.15, 0.2) is 67.0 Å². The molecule has 7 heteroatoms. The molecular weight excluding hydrogens is 404 g/mol. The van der Waals surface area contributed by atoms with E-state index < -0.39 is 0 Å². The van der Waals surface area contributed by atoms with Gasteiger partial charge < -0.3 is 4.98 Å². The molecule has 5 aromatic heterocycles. The first-order valence-corrected chi connectivity index (χ1v) is 10.7. The molecule has 0 atom stereocenters. The van der Waals surface area contributed by atoms with Crippen molar-refractivity contribution in [1.29, 1.82) is 0 Å². The topological polar surface area (TPSA) is 83.1 Å². The highest BCUT2D eigenvalue weighted by Gasteiger charge is 2.18. The van der Waals surface area contributed by atoms with Gasteiger partial charge in [-0.1, -0.05) is 24.8 Å². The van der Waals surface area contributed by atoms with Gasteiger partial charge in [-0.3, -0.25) is 10.1 Å². The highest BCUT2D eigenvalue weighted by atomic mass is 32.1. The number of imidazole rings is 1. The van der Waals surface area contributed by atoms with E-state index in [1.807, 2.05) is 44.6 Å². The number of rotatable bonds is 5. The van der Waals surface area contributed by atoms with E-state index in [9.17, 15) is 0 Å². The first-order chi connectivity index (χ1) is 15.1. The van der Waals surface area contributed by atoms with Crippen molar-refractivity contribution in [3.63, 3.8) is 0 Å². The Morgan fingerprint density at radius 3 is 2.77 bits per heavy atom. The number of hydrogen-bond acceptors (Lipinski definition) is 5. The number of fused-ring (bicyclic) bond motifs is 1. The lowest BCUT2D eigenvalue weighted by Gasteiger charge is -2.02. The second-order valence-corrected chi connectivity index (χ2v) is 8.24. The summed E-state index contributed by atoms with van der Waals surface area (Å²) in [7, 11) is 0. The van der Waals surface area contributed by atoms with Gasteiger partial charge >= 0.3 is 0 Å². The maximum Gasteiger partial charge on any atom is 0.181 e. The van der Waals surface area contributed by atoms with Gasteiger partial charge in [0.1, 0.15) is 5.69 Å². The van der Waals surface area contributed by atoms with Gasteiger partial charge in [0.2, 0.25) is 0 Å². The van der Waals surface area contributed by atoms with Crippen molar-refractivity contribution in [1.82, 2.24) is 30.1 Å². The number of aromatic nitrogens is 6. The molecule has 0 saturated heterocycles. The van der Waals surface area contributed by atoms with Crippen molar-refractivity contribution in [2.24, 2.45) is 0 Å². The number of pyridine rings is 2. The van der Waals surface area contributed by atoms with Crippen LogP contribution in [0, 0.1) is 13.8 Å². The van der Waals surface area contributed by atoms with Gasteiger partial charge in [-0.05, 0) is 43.0 Å². The lowest BCUT2D eigenvalue weighted by Crippen LogP contribution is -1.88. The van der Waals surface area contributed by atoms with Crippen LogP contribution in [0.3, 0.4) is 0 Å². The Morgan fingerprint density at radius 2 is 2.00 bits per heavy atom. The predicted molar refractivity (Wildman–Crippen MR) is 126 cm³/mol. The van der Waals surface area contributed by atoms with Gasteiger partial charge in [-0.25, -0.2) is 9.97 Å². The maximum atomic E-state index is 4.92. The Kier molecular flexibility index (Phi) is 4.80. The summed E-state index contributed by atoms with van der Waals surface area (Å²) < 4.78 is 0. The molecule has 5 heterocycles. The molecule has 0 unspecified atom stereocenters. The third-order valence-electron chi connectivity index (χ3n) is 5.07. The van der Waals surface area contributed by atoms with Crippen molar-refractivity contribution in [2.45, 2.75) is 13.8 Å². The van der Waals surface area contributed by atoms with Crippen LogP contribution in [0.4, 0.5) is 0 Å². The number of allylic oxidation sites excluding steroid dienone is 2. The van der Waals surface area contributed by atoms with Crippen LogP contribution in [-0.2, 0) is 0 Å². The van der Waals surface area contributed by atoms with Gasteiger partial charge in [0.05, 0.1) is 11.1 Å². The lowest BCUT2D eigenvalue weighted by atomic mass is 10.1. The number of thiophene rings is 1. The zero-order valence-electron chi connectivity index (χ0n) is 17.2. The summed E-state index contributed by atoms with van der Waals surface area (Å²) in [6, 6.07) is 8.30. The summed E-state index contributed by atoms with van der Waals surface area (Å²) >= 11 is 1.68. The Labute approximate surface area is 183 Å². The van der Waals surface area contributed by atoms with Gasteiger partial charge in [-0.2, -0.15) is 5.10 Å². The van der Waals surface area contributed by atoms with Crippen LogP contribution >= 0.6 is 11.3 Å². The van der Waals surface area contributed by atoms with E-state index in [0.717, 1.165) is 55.4 Å². The molecule has 0 aliphatic rings. The number of H-pyrrole nitrogens is 2. The Hall–Kier alpha value is -3.84. The van der Waals surface area contributed by atoms with E-state index in [1.165, 1.54) is 0 Å². The van der Waals surface area contributed by atoms with Gasteiger partial charge in [0.15, 0.2) is 11.5 Å². The fraction of sp³-hybridized carbons (Fsp3) is 0.0833. The number of nitrogens with zero attached hydrogens (tertiary/aromatic N) is 4. The zero-order chi connectivity index (χ0) is 21.4. The van der Waals surface area contributed by atoms with E-state index in [0.29, 0.717) is 5.65 Å². The third-order valence-corrected chi connectivity index (χ3v) is 5.97. The molecule has 6 nitrogen and oxygen atoms in total. The second kappa shape index (κ2) is 7.77. The van der Waals surface area contributed by atoms with Crippen molar-refractivity contribution >= 4 is 27.9 Å². The summed E-state index contributed by atoms with van der Waals surface area (Å²) in [5.74, 6) is 0.725. The molecule has 0 radical (unpaired) electrons. The van der Waals surface area contributed by atoms with E-state index in [2.05, 4.69) is 55.3 Å². The molecule has 152 valence electrons. The van der Waals surface area contributed by atoms with E-state index in [1.54, 1.807) is 17.4 Å². The molecule has 0 fully saturated rings. The van der Waals surface area contributed by atoms with Crippen LogP contribution in [0.25, 0.3) is 39.3 Å². The number of hydrogen-bond donors (Lipinski definition) is 2. The minimum atomic E-state index is 0.648. The Morgan fingerprint density at radius 1 is 1.13 bits per heavy atom. The summed E-state index contributed by atoms with van der Waals surface area (Å²) in [5.41, 5.74) is 7.48. The van der Waals surface area contributed by atoms with Crippen molar-refractivity contribution in [3.05, 3.63) is 88.8 Å². The highest BCUT2D eigenvalue weighted by Crippen LogP contribution is 2.32. The summed E-state index contributed by atoms with van der Waals surface area (Å²) in [4.78, 5) is 18.3. The average molecular weight is 425 g/mol. The largest absolute Gasteiger partial charge is 0.340 e. The molecule has 2 N–H and O–H groups in total. The molecule has 5 aromatic rings. The molecule has 0 aliphatic heterocycles. The Bertz CT molecular complexity index is 1420. The van der Waals surface area contributed by atoms with Gasteiger partial charge in [0, 0.05) is 45.9 Å². The fourth-order valence-corrected chi connectivity index (χ4v) is 4.37. The Balaban J connectivity index is 1.62. The second-order valence-electron chi connectivity index (χ2n) is 7.30. The molecule has 0 bridgehead atoms. The van der Waals surface area contributed by atoms with Crippen molar-refractivity contribution < 1.29 is 0 Å². The minimum absolute atomic E-state index is 0.648. The van der Waals surface area contributed by atoms with Crippen LogP contribution in [-0.4, -0.2) is 30.1 Å². The molecule has 0 spiro atoms. The van der Waals surface area contributed by atoms with E-state index >= 15 is 0 Å². The standard InChI is InChI=1S/C24H20N6S/c1-4-6-18(20-7-5-8-31-20)21-15(3)27-24(28-21)22-19-10-17(13-26-23(19)30-29-22)16-9-14(2)11-25-12-16/h4-13H,1H2,2-3H3,(H,27,28)(H,26,29,30)/b18-6-. The summed E-state index contributed by atoms with van der Waals surface area (Å²) in [5, 5.41) is 10.5. The van der Waals surface area contributed by atoms with Crippen LogP contribution in [0.2, 0.25) is 0 Å². The first-order valence-electron chi connectivity index (χ1n) is 9.84. The number of aryl methyl sites for hydroxylation is 2. The lowest BCUT2D eigenvalue weighted by molar-refractivity contribution is 1.08. The molecule has 0 aliphatic carbocycles.